The van der Waals surface area contributed by atoms with Crippen molar-refractivity contribution >= 4 is 17.8 Å². The molecule has 2 N–H and O–H groups in total. The molecule has 1 atom stereocenters. The molecule has 3 heterocycles. The monoisotopic (exact) mass is 506 g/mol. The molecule has 37 heavy (non-hydrogen) atoms. The average Bonchev–Trinajstić information content (AvgIpc) is 3.46. The molecule has 1 aliphatic rings. The van der Waals surface area contributed by atoms with Gasteiger partial charge in [0.1, 0.15) is 17.9 Å². The summed E-state index contributed by atoms with van der Waals surface area (Å²) >= 11 is 0. The minimum atomic E-state index is -0.248. The third-order valence-corrected chi connectivity index (χ3v) is 6.22. The summed E-state index contributed by atoms with van der Waals surface area (Å²) in [7, 11) is 1.62. The number of methoxy groups -OCH3 is 1. The Morgan fingerprint density at radius 2 is 1.95 bits per heavy atom. The Kier molecular flexibility index (Phi) is 8.55. The van der Waals surface area contributed by atoms with Crippen LogP contribution < -0.4 is 20.3 Å². The molecule has 4 rings (SSSR count). The standard InChI is InChI=1S/C26H34N8O3/c1-4-9-28-26(36)32-12-13-34(23-14-19(2)30-25(31-23)33-11-10-27-18-33)21(17-32)15-24(35)29-16-20-5-7-22(37-3)8-6-20/h5-8,10-11,14,18,21H,4,9,12-13,15-17H2,1-3H3,(H,28,36)(H,29,35). The summed E-state index contributed by atoms with van der Waals surface area (Å²) < 4.78 is 6.95. The minimum Gasteiger partial charge on any atom is -0.497 e. The van der Waals surface area contributed by atoms with Crippen molar-refractivity contribution in [1.82, 2.24) is 35.1 Å². The van der Waals surface area contributed by atoms with Crippen LogP contribution in [-0.4, -0.2) is 75.7 Å². The lowest BCUT2D eigenvalue weighted by atomic mass is 10.1. The first-order valence-electron chi connectivity index (χ1n) is 12.5. The smallest absolute Gasteiger partial charge is 0.317 e. The van der Waals surface area contributed by atoms with Crippen molar-refractivity contribution in [3.05, 3.63) is 60.3 Å². The second-order valence-electron chi connectivity index (χ2n) is 8.99. The summed E-state index contributed by atoms with van der Waals surface area (Å²) in [6.07, 6.45) is 6.20. The van der Waals surface area contributed by atoms with Crippen LogP contribution in [0.3, 0.4) is 0 Å². The van der Waals surface area contributed by atoms with Gasteiger partial charge >= 0.3 is 6.03 Å². The quantitative estimate of drug-likeness (QED) is 0.457. The van der Waals surface area contributed by atoms with Crippen LogP contribution in [0.2, 0.25) is 0 Å². The van der Waals surface area contributed by atoms with Crippen LogP contribution >= 0.6 is 0 Å². The third-order valence-electron chi connectivity index (χ3n) is 6.22. The molecule has 1 unspecified atom stereocenters. The fourth-order valence-electron chi connectivity index (χ4n) is 4.27. The van der Waals surface area contributed by atoms with E-state index >= 15 is 0 Å². The van der Waals surface area contributed by atoms with E-state index in [2.05, 4.69) is 25.5 Å². The van der Waals surface area contributed by atoms with Crippen molar-refractivity contribution in [1.29, 1.82) is 0 Å². The number of aromatic nitrogens is 4. The lowest BCUT2D eigenvalue weighted by molar-refractivity contribution is -0.121. The van der Waals surface area contributed by atoms with E-state index in [1.54, 1.807) is 35.3 Å². The van der Waals surface area contributed by atoms with E-state index in [4.69, 9.17) is 9.72 Å². The predicted molar refractivity (Wildman–Crippen MR) is 140 cm³/mol. The molecule has 0 radical (unpaired) electrons. The Morgan fingerprint density at radius 1 is 1.14 bits per heavy atom. The van der Waals surface area contributed by atoms with Crippen LogP contribution in [0.5, 0.6) is 5.75 Å². The van der Waals surface area contributed by atoms with Gasteiger partial charge in [0, 0.05) is 63.3 Å². The van der Waals surface area contributed by atoms with Crippen LogP contribution in [0.4, 0.5) is 10.6 Å². The maximum Gasteiger partial charge on any atom is 0.317 e. The molecule has 0 aliphatic carbocycles. The molecule has 0 spiro atoms. The summed E-state index contributed by atoms with van der Waals surface area (Å²) in [6, 6.07) is 9.14. The number of nitrogens with one attached hydrogen (secondary N) is 2. The highest BCUT2D eigenvalue weighted by atomic mass is 16.5. The van der Waals surface area contributed by atoms with E-state index in [1.807, 2.05) is 44.2 Å². The first-order valence-corrected chi connectivity index (χ1v) is 12.5. The van der Waals surface area contributed by atoms with Crippen molar-refractivity contribution in [3.63, 3.8) is 0 Å². The molecule has 11 nitrogen and oxygen atoms in total. The molecule has 3 amide bonds. The molecule has 2 aromatic heterocycles. The molecular formula is C26H34N8O3. The molecule has 0 saturated carbocycles. The van der Waals surface area contributed by atoms with E-state index in [0.717, 1.165) is 29.2 Å². The van der Waals surface area contributed by atoms with Gasteiger partial charge in [-0.2, -0.15) is 4.98 Å². The van der Waals surface area contributed by atoms with Gasteiger partial charge in [0.05, 0.1) is 13.2 Å². The van der Waals surface area contributed by atoms with Crippen LogP contribution in [0.25, 0.3) is 5.95 Å². The van der Waals surface area contributed by atoms with Gasteiger partial charge in [0.2, 0.25) is 11.9 Å². The van der Waals surface area contributed by atoms with Gasteiger partial charge in [-0.05, 0) is 31.0 Å². The Morgan fingerprint density at radius 3 is 2.65 bits per heavy atom. The summed E-state index contributed by atoms with van der Waals surface area (Å²) in [5.74, 6) is 1.91. The number of anilines is 1. The topological polar surface area (TPSA) is 118 Å². The third kappa shape index (κ3) is 6.75. The number of rotatable bonds is 9. The van der Waals surface area contributed by atoms with Crippen molar-refractivity contribution in [2.24, 2.45) is 0 Å². The maximum atomic E-state index is 13.0. The number of carbonyl (C=O) groups is 2. The molecule has 3 aromatic rings. The minimum absolute atomic E-state index is 0.0951. The zero-order chi connectivity index (χ0) is 26.2. The fourth-order valence-corrected chi connectivity index (χ4v) is 4.27. The highest BCUT2D eigenvalue weighted by Gasteiger charge is 2.32. The van der Waals surface area contributed by atoms with Gasteiger partial charge in [0.25, 0.3) is 0 Å². The number of carbonyl (C=O) groups excluding carboxylic acids is 2. The molecule has 1 fully saturated rings. The second-order valence-corrected chi connectivity index (χ2v) is 8.99. The summed E-state index contributed by atoms with van der Waals surface area (Å²) in [6.45, 7) is 6.45. The number of hydrogen-bond donors (Lipinski definition) is 2. The molecule has 11 heteroatoms. The first-order chi connectivity index (χ1) is 18.0. The van der Waals surface area contributed by atoms with Crippen molar-refractivity contribution < 1.29 is 14.3 Å². The zero-order valence-electron chi connectivity index (χ0n) is 21.6. The van der Waals surface area contributed by atoms with E-state index < -0.39 is 0 Å². The first kappa shape index (κ1) is 25.9. The zero-order valence-corrected chi connectivity index (χ0v) is 21.6. The van der Waals surface area contributed by atoms with E-state index in [-0.39, 0.29) is 24.4 Å². The molecular weight excluding hydrogens is 472 g/mol. The van der Waals surface area contributed by atoms with E-state index in [0.29, 0.717) is 38.7 Å². The van der Waals surface area contributed by atoms with Gasteiger partial charge < -0.3 is 25.2 Å². The van der Waals surface area contributed by atoms with Crippen molar-refractivity contribution in [3.8, 4) is 11.7 Å². The Bertz CT molecular complexity index is 1180. The molecule has 1 aliphatic heterocycles. The average molecular weight is 507 g/mol. The molecule has 1 saturated heterocycles. The normalized spacial score (nSPS) is 15.4. The number of urea groups is 1. The van der Waals surface area contributed by atoms with Crippen LogP contribution in [0.1, 0.15) is 31.0 Å². The van der Waals surface area contributed by atoms with Crippen molar-refractivity contribution in [2.75, 3.05) is 38.2 Å². The number of hydrogen-bond acceptors (Lipinski definition) is 7. The van der Waals surface area contributed by atoms with Crippen LogP contribution in [0.15, 0.2) is 49.1 Å². The van der Waals surface area contributed by atoms with Crippen molar-refractivity contribution in [2.45, 2.75) is 39.3 Å². The lowest BCUT2D eigenvalue weighted by Crippen LogP contribution is -2.58. The van der Waals surface area contributed by atoms with E-state index in [9.17, 15) is 9.59 Å². The Hall–Kier alpha value is -4.15. The van der Waals surface area contributed by atoms with Crippen LogP contribution in [0, 0.1) is 6.92 Å². The van der Waals surface area contributed by atoms with Gasteiger partial charge in [-0.25, -0.2) is 14.8 Å². The summed E-state index contributed by atoms with van der Waals surface area (Å²) in [5.41, 5.74) is 1.78. The second kappa shape index (κ2) is 12.2. The number of benzene rings is 1. The molecule has 196 valence electrons. The highest BCUT2D eigenvalue weighted by molar-refractivity contribution is 5.78. The number of nitrogens with zero attached hydrogens (tertiary/aromatic N) is 6. The molecule has 0 bridgehead atoms. The summed E-state index contributed by atoms with van der Waals surface area (Å²) in [4.78, 5) is 43.0. The van der Waals surface area contributed by atoms with Gasteiger partial charge in [-0.3, -0.25) is 9.36 Å². The van der Waals surface area contributed by atoms with Crippen LogP contribution in [-0.2, 0) is 11.3 Å². The largest absolute Gasteiger partial charge is 0.497 e. The molecule has 1 aromatic carbocycles. The maximum absolute atomic E-state index is 13.0. The number of aryl methyl sites for hydroxylation is 1. The lowest BCUT2D eigenvalue weighted by Gasteiger charge is -2.42. The SMILES string of the molecule is CCCNC(=O)N1CCN(c2cc(C)nc(-n3ccnc3)n2)C(CC(=O)NCc2ccc(OC)cc2)C1. The number of ether oxygens (including phenoxy) is 1. The van der Waals surface area contributed by atoms with Gasteiger partial charge in [-0.1, -0.05) is 19.1 Å². The van der Waals surface area contributed by atoms with Gasteiger partial charge in [-0.15, -0.1) is 0 Å². The number of imidazole rings is 1. The highest BCUT2D eigenvalue weighted by Crippen LogP contribution is 2.23. The Balaban J connectivity index is 1.50. The van der Waals surface area contributed by atoms with E-state index in [1.165, 1.54) is 0 Å². The Labute approximate surface area is 216 Å². The fraction of sp³-hybridized carbons (Fsp3) is 0.423. The predicted octanol–water partition coefficient (Wildman–Crippen LogP) is 2.30. The van der Waals surface area contributed by atoms with Gasteiger partial charge in [0.15, 0.2) is 0 Å². The number of amides is 3. The number of piperazine rings is 1. The summed E-state index contributed by atoms with van der Waals surface area (Å²) in [5, 5.41) is 5.95.